The Bertz CT molecular complexity index is 449. The molecule has 0 bridgehead atoms. The summed E-state index contributed by atoms with van der Waals surface area (Å²) in [5.41, 5.74) is 1.49. The van der Waals surface area contributed by atoms with Gasteiger partial charge in [0.05, 0.1) is 6.20 Å². The molecule has 15 heavy (non-hydrogen) atoms. The number of aliphatic carboxylic acids is 1. The van der Waals surface area contributed by atoms with Gasteiger partial charge in [0.15, 0.2) is 5.82 Å². The van der Waals surface area contributed by atoms with E-state index in [0.29, 0.717) is 5.69 Å². The van der Waals surface area contributed by atoms with Crippen LogP contribution in [-0.4, -0.2) is 31.2 Å². The molecule has 0 fully saturated rings. The smallest absolute Gasteiger partial charge is 0.311 e. The first-order chi connectivity index (χ1) is 7.25. The summed E-state index contributed by atoms with van der Waals surface area (Å²) in [6.45, 7) is 0. The van der Waals surface area contributed by atoms with Gasteiger partial charge in [0, 0.05) is 18.0 Å². The largest absolute Gasteiger partial charge is 0.481 e. The lowest BCUT2D eigenvalue weighted by Gasteiger charge is -1.96. The van der Waals surface area contributed by atoms with E-state index < -0.39 is 5.97 Å². The van der Waals surface area contributed by atoms with Gasteiger partial charge in [0.2, 0.25) is 0 Å². The predicted molar refractivity (Wildman–Crippen MR) is 51.0 cm³/mol. The zero-order valence-corrected chi connectivity index (χ0v) is 7.71. The fourth-order valence-electron chi connectivity index (χ4n) is 1.13. The van der Waals surface area contributed by atoms with Crippen LogP contribution in [0.4, 0.5) is 0 Å². The first-order valence-electron chi connectivity index (χ1n) is 4.29. The normalized spacial score (nSPS) is 10.1. The summed E-state index contributed by atoms with van der Waals surface area (Å²) in [6, 6.07) is 1.84. The Balaban J connectivity index is 2.21. The van der Waals surface area contributed by atoms with Crippen molar-refractivity contribution >= 4 is 5.97 Å². The maximum atomic E-state index is 10.4. The summed E-state index contributed by atoms with van der Waals surface area (Å²) in [5.74, 6) is -0.756. The Kier molecular flexibility index (Phi) is 2.40. The predicted octanol–water partition coefficient (Wildman–Crippen LogP) is 0.494. The third-order valence-electron chi connectivity index (χ3n) is 1.81. The van der Waals surface area contributed by atoms with Crippen molar-refractivity contribution < 1.29 is 9.90 Å². The molecule has 0 amide bonds. The van der Waals surface area contributed by atoms with Gasteiger partial charge in [0.1, 0.15) is 12.1 Å². The van der Waals surface area contributed by atoms with Crippen molar-refractivity contribution in [1.82, 2.24) is 20.2 Å². The summed E-state index contributed by atoms with van der Waals surface area (Å²) in [5, 5.41) is 16.1. The fourth-order valence-corrected chi connectivity index (χ4v) is 1.13. The van der Waals surface area contributed by atoms with Gasteiger partial charge in [-0.15, -0.1) is 10.2 Å². The number of rotatable bonds is 3. The minimum atomic E-state index is -0.966. The van der Waals surface area contributed by atoms with Crippen molar-refractivity contribution in [2.24, 2.45) is 0 Å². The highest BCUT2D eigenvalue weighted by molar-refractivity contribution is 5.69. The van der Waals surface area contributed by atoms with Crippen LogP contribution in [0.15, 0.2) is 24.7 Å². The molecular weight excluding hydrogens is 196 g/mol. The molecule has 0 spiro atoms. The maximum absolute atomic E-state index is 10.4. The molecule has 0 aliphatic carbocycles. The number of hydrogen-bond donors (Lipinski definition) is 2. The number of carbonyl (C=O) groups is 1. The number of nitrogens with one attached hydrogen (secondary N) is 1. The first kappa shape index (κ1) is 9.32. The van der Waals surface area contributed by atoms with Crippen molar-refractivity contribution in [3.63, 3.8) is 0 Å². The summed E-state index contributed by atoms with van der Waals surface area (Å²) in [4.78, 5) is 17.2. The van der Waals surface area contributed by atoms with Gasteiger partial charge in [-0.2, -0.15) is 0 Å². The van der Waals surface area contributed by atoms with Gasteiger partial charge in [-0.05, 0) is 6.07 Å². The van der Waals surface area contributed by atoms with Crippen molar-refractivity contribution in [3.8, 4) is 11.3 Å². The van der Waals surface area contributed by atoms with Crippen LogP contribution in [-0.2, 0) is 11.2 Å². The number of nitrogens with zero attached hydrogens (tertiary/aromatic N) is 3. The molecule has 0 radical (unpaired) electrons. The van der Waals surface area contributed by atoms with Crippen LogP contribution >= 0.6 is 0 Å². The zero-order chi connectivity index (χ0) is 10.7. The van der Waals surface area contributed by atoms with E-state index in [-0.39, 0.29) is 12.2 Å². The second-order valence-corrected chi connectivity index (χ2v) is 2.93. The molecule has 0 aromatic carbocycles. The molecule has 2 N–H and O–H groups in total. The molecule has 0 saturated carbocycles. The highest BCUT2D eigenvalue weighted by Gasteiger charge is 2.05. The number of aromatic amines is 1. The Hall–Kier alpha value is -2.24. The van der Waals surface area contributed by atoms with E-state index in [0.717, 1.165) is 5.56 Å². The average Bonchev–Trinajstić information content (AvgIpc) is 2.71. The van der Waals surface area contributed by atoms with Crippen LogP contribution in [0.2, 0.25) is 0 Å². The second-order valence-electron chi connectivity index (χ2n) is 2.93. The molecule has 0 saturated heterocycles. The summed E-state index contributed by atoms with van der Waals surface area (Å²) >= 11 is 0. The van der Waals surface area contributed by atoms with E-state index in [1.807, 2.05) is 6.07 Å². The van der Waals surface area contributed by atoms with Gasteiger partial charge in [0.25, 0.3) is 0 Å². The number of H-pyrrole nitrogens is 1. The lowest BCUT2D eigenvalue weighted by atomic mass is 10.2. The van der Waals surface area contributed by atoms with E-state index in [1.165, 1.54) is 6.20 Å². The molecule has 0 aliphatic heterocycles. The van der Waals surface area contributed by atoms with Crippen molar-refractivity contribution in [3.05, 3.63) is 30.5 Å². The molecule has 76 valence electrons. The molecule has 0 atom stereocenters. The quantitative estimate of drug-likeness (QED) is 0.759. The monoisotopic (exact) mass is 204 g/mol. The zero-order valence-electron chi connectivity index (χ0n) is 7.71. The summed E-state index contributed by atoms with van der Waals surface area (Å²) < 4.78 is 0. The van der Waals surface area contributed by atoms with Crippen molar-refractivity contribution in [2.75, 3.05) is 0 Å². The molecule has 2 aromatic heterocycles. The summed E-state index contributed by atoms with van der Waals surface area (Å²) in [6.07, 6.45) is 4.83. The average molecular weight is 204 g/mol. The maximum Gasteiger partial charge on any atom is 0.311 e. The Labute approximate surface area is 85.0 Å². The third-order valence-corrected chi connectivity index (χ3v) is 1.81. The minimum Gasteiger partial charge on any atom is -0.481 e. The minimum absolute atomic E-state index is 0.208. The topological polar surface area (TPSA) is 91.8 Å². The van der Waals surface area contributed by atoms with Crippen molar-refractivity contribution in [1.29, 1.82) is 0 Å². The highest BCUT2D eigenvalue weighted by Crippen LogP contribution is 2.12. The number of carboxylic acid groups (broad SMARTS) is 1. The van der Waals surface area contributed by atoms with E-state index in [9.17, 15) is 4.79 Å². The third kappa shape index (κ3) is 2.16. The van der Waals surface area contributed by atoms with Crippen LogP contribution in [0.3, 0.4) is 0 Å². The molecule has 2 aromatic rings. The molecule has 0 unspecified atom stereocenters. The molecular formula is C9H8N4O2. The fraction of sp³-hybridized carbons (Fsp3) is 0.111. The summed E-state index contributed by atoms with van der Waals surface area (Å²) in [7, 11) is 0. The van der Waals surface area contributed by atoms with Gasteiger partial charge < -0.3 is 10.1 Å². The van der Waals surface area contributed by atoms with Crippen LogP contribution in [0.1, 0.15) is 5.82 Å². The molecule has 2 heterocycles. The van der Waals surface area contributed by atoms with Gasteiger partial charge in [-0.3, -0.25) is 4.79 Å². The Morgan fingerprint density at radius 1 is 1.47 bits per heavy atom. The van der Waals surface area contributed by atoms with Crippen LogP contribution in [0.25, 0.3) is 11.3 Å². The Morgan fingerprint density at radius 3 is 2.87 bits per heavy atom. The first-order valence-corrected chi connectivity index (χ1v) is 4.29. The van der Waals surface area contributed by atoms with E-state index in [1.54, 1.807) is 12.4 Å². The van der Waals surface area contributed by atoms with Gasteiger partial charge >= 0.3 is 5.97 Å². The standard InChI is InChI=1S/C9H8N4O2/c14-9(15)3-8-11-5-7(12-13-8)6-1-2-10-4-6/h1-2,4-5,10H,3H2,(H,14,15). The van der Waals surface area contributed by atoms with Crippen LogP contribution in [0.5, 0.6) is 0 Å². The highest BCUT2D eigenvalue weighted by atomic mass is 16.4. The van der Waals surface area contributed by atoms with Crippen LogP contribution in [0, 0.1) is 0 Å². The number of carboxylic acids is 1. The molecule has 6 nitrogen and oxygen atoms in total. The molecule has 0 aliphatic rings. The van der Waals surface area contributed by atoms with E-state index in [4.69, 9.17) is 5.11 Å². The lowest BCUT2D eigenvalue weighted by molar-refractivity contribution is -0.136. The van der Waals surface area contributed by atoms with Gasteiger partial charge in [-0.1, -0.05) is 0 Å². The van der Waals surface area contributed by atoms with Gasteiger partial charge in [-0.25, -0.2) is 4.98 Å². The van der Waals surface area contributed by atoms with E-state index in [2.05, 4.69) is 20.2 Å². The number of hydrogen-bond acceptors (Lipinski definition) is 4. The van der Waals surface area contributed by atoms with Crippen molar-refractivity contribution in [2.45, 2.75) is 6.42 Å². The lowest BCUT2D eigenvalue weighted by Crippen LogP contribution is -2.06. The Morgan fingerprint density at radius 2 is 2.33 bits per heavy atom. The van der Waals surface area contributed by atoms with E-state index >= 15 is 0 Å². The molecule has 2 rings (SSSR count). The second kappa shape index (κ2) is 3.87. The molecule has 6 heteroatoms. The van der Waals surface area contributed by atoms with Crippen LogP contribution < -0.4 is 0 Å². The number of aromatic nitrogens is 4. The SMILES string of the molecule is O=C(O)Cc1ncc(-c2cc[nH]c2)nn1.